The number of hydrogen-bond donors (Lipinski definition) is 0. The summed E-state index contributed by atoms with van der Waals surface area (Å²) in [6, 6.07) is 13.4. The van der Waals surface area contributed by atoms with E-state index in [2.05, 4.69) is 15.9 Å². The average Bonchev–Trinajstić information content (AvgIpc) is 2.42. The van der Waals surface area contributed by atoms with Crippen LogP contribution in [0.2, 0.25) is 0 Å². The minimum atomic E-state index is 0.0590. The zero-order chi connectivity index (χ0) is 13.8. The van der Waals surface area contributed by atoms with Gasteiger partial charge in [0.05, 0.1) is 12.7 Å². The fourth-order valence-electron chi connectivity index (χ4n) is 1.92. The molecule has 0 aliphatic carbocycles. The van der Waals surface area contributed by atoms with Crippen LogP contribution in [0.3, 0.4) is 0 Å². The number of ether oxygens (including phenoxy) is 1. The Kier molecular flexibility index (Phi) is 4.38. The van der Waals surface area contributed by atoms with E-state index < -0.39 is 0 Å². The summed E-state index contributed by atoms with van der Waals surface area (Å²) in [4.78, 5) is 12.4. The van der Waals surface area contributed by atoms with Gasteiger partial charge in [-0.05, 0) is 30.2 Å². The summed E-state index contributed by atoms with van der Waals surface area (Å²) < 4.78 is 6.22. The molecule has 0 heterocycles. The van der Waals surface area contributed by atoms with Crippen LogP contribution in [0, 0.1) is 6.92 Å². The molecule has 0 unspecified atom stereocenters. The minimum absolute atomic E-state index is 0.0590. The maximum absolute atomic E-state index is 12.4. The quantitative estimate of drug-likeness (QED) is 0.790. The largest absolute Gasteiger partial charge is 0.496 e. The van der Waals surface area contributed by atoms with Crippen molar-refractivity contribution in [1.29, 1.82) is 0 Å². The molecule has 2 aromatic rings. The molecule has 2 nitrogen and oxygen atoms in total. The van der Waals surface area contributed by atoms with Crippen LogP contribution in [0.4, 0.5) is 0 Å². The lowest BCUT2D eigenvalue weighted by Crippen LogP contribution is -2.06. The van der Waals surface area contributed by atoms with Gasteiger partial charge in [-0.15, -0.1) is 0 Å². The van der Waals surface area contributed by atoms with Crippen molar-refractivity contribution in [2.45, 2.75) is 13.3 Å². The molecule has 2 rings (SSSR count). The predicted molar refractivity (Wildman–Crippen MR) is 79.9 cm³/mol. The summed E-state index contributed by atoms with van der Waals surface area (Å²) in [6.45, 7) is 1.97. The van der Waals surface area contributed by atoms with E-state index in [1.807, 2.05) is 49.4 Å². The van der Waals surface area contributed by atoms with Gasteiger partial charge < -0.3 is 4.74 Å². The van der Waals surface area contributed by atoms with Gasteiger partial charge in [-0.25, -0.2) is 0 Å². The number of hydrogen-bond acceptors (Lipinski definition) is 2. The molecule has 0 aliphatic rings. The van der Waals surface area contributed by atoms with Gasteiger partial charge in [0.25, 0.3) is 0 Å². The van der Waals surface area contributed by atoms with Crippen molar-refractivity contribution in [2.24, 2.45) is 0 Å². The fourth-order valence-corrected chi connectivity index (χ4v) is 2.26. The molecule has 0 amide bonds. The first-order valence-corrected chi connectivity index (χ1v) is 6.82. The summed E-state index contributed by atoms with van der Waals surface area (Å²) in [5.41, 5.74) is 2.67. The summed E-state index contributed by atoms with van der Waals surface area (Å²) in [7, 11) is 1.59. The first kappa shape index (κ1) is 13.8. The number of halogens is 1. The van der Waals surface area contributed by atoms with Crippen LogP contribution in [0.1, 0.15) is 21.5 Å². The van der Waals surface area contributed by atoms with Crippen LogP contribution in [0.15, 0.2) is 46.9 Å². The van der Waals surface area contributed by atoms with E-state index >= 15 is 0 Å². The van der Waals surface area contributed by atoms with Gasteiger partial charge in [-0.1, -0.05) is 46.3 Å². The third-order valence-electron chi connectivity index (χ3n) is 2.99. The van der Waals surface area contributed by atoms with Gasteiger partial charge in [0.2, 0.25) is 0 Å². The smallest absolute Gasteiger partial charge is 0.170 e. The van der Waals surface area contributed by atoms with Crippen molar-refractivity contribution < 1.29 is 9.53 Å². The normalized spacial score (nSPS) is 10.3. The van der Waals surface area contributed by atoms with Gasteiger partial charge in [-0.3, -0.25) is 4.79 Å². The van der Waals surface area contributed by atoms with Crippen molar-refractivity contribution >= 4 is 21.7 Å². The molecule has 0 saturated heterocycles. The van der Waals surface area contributed by atoms with Gasteiger partial charge >= 0.3 is 0 Å². The van der Waals surface area contributed by atoms with Crippen LogP contribution < -0.4 is 4.74 Å². The van der Waals surface area contributed by atoms with E-state index in [9.17, 15) is 4.79 Å². The number of methoxy groups -OCH3 is 1. The zero-order valence-electron chi connectivity index (χ0n) is 10.9. The molecule has 19 heavy (non-hydrogen) atoms. The SMILES string of the molecule is COc1cc(C)c(Br)cc1C(=O)Cc1ccccc1. The van der Waals surface area contributed by atoms with E-state index in [-0.39, 0.29) is 5.78 Å². The molecule has 0 spiro atoms. The summed E-state index contributed by atoms with van der Waals surface area (Å²) in [6.07, 6.45) is 0.382. The number of ketones is 1. The second-order valence-electron chi connectivity index (χ2n) is 4.39. The molecule has 98 valence electrons. The number of aryl methyl sites for hydroxylation is 1. The molecule has 0 aromatic heterocycles. The molecule has 0 bridgehead atoms. The topological polar surface area (TPSA) is 26.3 Å². The Balaban J connectivity index is 2.31. The summed E-state index contributed by atoms with van der Waals surface area (Å²) >= 11 is 3.46. The molecule has 0 N–H and O–H groups in total. The predicted octanol–water partition coefficient (Wildman–Crippen LogP) is 4.19. The summed E-state index contributed by atoms with van der Waals surface area (Å²) in [5, 5.41) is 0. The third kappa shape index (κ3) is 3.24. The van der Waals surface area contributed by atoms with Crippen LogP contribution in [0.25, 0.3) is 0 Å². The molecule has 0 aliphatic heterocycles. The Morgan fingerprint density at radius 2 is 1.89 bits per heavy atom. The number of Topliss-reactive ketones (excluding diaryl/α,β-unsaturated/α-hetero) is 1. The van der Waals surface area contributed by atoms with Gasteiger partial charge in [0.1, 0.15) is 5.75 Å². The maximum atomic E-state index is 12.4. The Morgan fingerprint density at radius 3 is 2.53 bits per heavy atom. The third-order valence-corrected chi connectivity index (χ3v) is 3.84. The van der Waals surface area contributed by atoms with Crippen molar-refractivity contribution in [1.82, 2.24) is 0 Å². The first-order chi connectivity index (χ1) is 9.11. The van der Waals surface area contributed by atoms with Gasteiger partial charge in [0, 0.05) is 10.9 Å². The molecule has 0 saturated carbocycles. The highest BCUT2D eigenvalue weighted by Gasteiger charge is 2.14. The first-order valence-electron chi connectivity index (χ1n) is 6.03. The standard InChI is InChI=1S/C16H15BrO2/c1-11-8-16(19-2)13(10-14(11)17)15(18)9-12-6-4-3-5-7-12/h3-8,10H,9H2,1-2H3. The van der Waals surface area contributed by atoms with Crippen LogP contribution >= 0.6 is 15.9 Å². The number of benzene rings is 2. The second kappa shape index (κ2) is 6.02. The highest BCUT2D eigenvalue weighted by atomic mass is 79.9. The molecule has 0 fully saturated rings. The highest BCUT2D eigenvalue weighted by Crippen LogP contribution is 2.28. The molecule has 0 radical (unpaired) electrons. The van der Waals surface area contributed by atoms with E-state index in [1.165, 1.54) is 0 Å². The van der Waals surface area contributed by atoms with Crippen molar-refractivity contribution in [3.8, 4) is 5.75 Å². The van der Waals surface area contributed by atoms with E-state index in [0.29, 0.717) is 17.7 Å². The van der Waals surface area contributed by atoms with E-state index in [4.69, 9.17) is 4.74 Å². The van der Waals surface area contributed by atoms with E-state index in [0.717, 1.165) is 15.6 Å². The van der Waals surface area contributed by atoms with Crippen LogP contribution in [0.5, 0.6) is 5.75 Å². The lowest BCUT2D eigenvalue weighted by Gasteiger charge is -2.10. The van der Waals surface area contributed by atoms with Crippen molar-refractivity contribution in [2.75, 3.05) is 7.11 Å². The fraction of sp³-hybridized carbons (Fsp3) is 0.188. The summed E-state index contributed by atoms with van der Waals surface area (Å²) in [5.74, 6) is 0.686. The molecule has 2 aromatic carbocycles. The number of carbonyl (C=O) groups is 1. The maximum Gasteiger partial charge on any atom is 0.170 e. The second-order valence-corrected chi connectivity index (χ2v) is 5.24. The van der Waals surface area contributed by atoms with Crippen LogP contribution in [-0.4, -0.2) is 12.9 Å². The number of carbonyl (C=O) groups excluding carboxylic acids is 1. The molecule has 0 atom stereocenters. The zero-order valence-corrected chi connectivity index (χ0v) is 12.5. The Bertz CT molecular complexity index is 591. The molecular formula is C16H15BrO2. The molecular weight excluding hydrogens is 304 g/mol. The monoisotopic (exact) mass is 318 g/mol. The Hall–Kier alpha value is -1.61. The Morgan fingerprint density at radius 1 is 1.21 bits per heavy atom. The lowest BCUT2D eigenvalue weighted by molar-refractivity contribution is 0.0990. The average molecular weight is 319 g/mol. The van der Waals surface area contributed by atoms with Crippen molar-refractivity contribution in [3.63, 3.8) is 0 Å². The van der Waals surface area contributed by atoms with Crippen molar-refractivity contribution in [3.05, 3.63) is 63.6 Å². The highest BCUT2D eigenvalue weighted by molar-refractivity contribution is 9.10. The van der Waals surface area contributed by atoms with E-state index in [1.54, 1.807) is 7.11 Å². The number of rotatable bonds is 4. The minimum Gasteiger partial charge on any atom is -0.496 e. The van der Waals surface area contributed by atoms with Gasteiger partial charge in [0.15, 0.2) is 5.78 Å². The lowest BCUT2D eigenvalue weighted by atomic mass is 10.0. The van der Waals surface area contributed by atoms with Crippen LogP contribution in [-0.2, 0) is 6.42 Å². The van der Waals surface area contributed by atoms with Gasteiger partial charge in [-0.2, -0.15) is 0 Å². The molecule has 3 heteroatoms. The Labute approximate surface area is 121 Å².